The van der Waals surface area contributed by atoms with E-state index in [0.29, 0.717) is 19.3 Å². The summed E-state index contributed by atoms with van der Waals surface area (Å²) in [5.41, 5.74) is 3.36. The normalized spacial score (nSPS) is 14.1. The minimum Gasteiger partial charge on any atom is -0.368 e. The van der Waals surface area contributed by atoms with E-state index in [-0.39, 0.29) is 11.8 Å². The fourth-order valence-corrected chi connectivity index (χ4v) is 3.55. The van der Waals surface area contributed by atoms with Crippen molar-refractivity contribution in [2.45, 2.75) is 26.2 Å². The van der Waals surface area contributed by atoms with Crippen molar-refractivity contribution in [2.75, 3.05) is 43.0 Å². The van der Waals surface area contributed by atoms with Gasteiger partial charge in [-0.05, 0) is 43.2 Å². The van der Waals surface area contributed by atoms with E-state index in [2.05, 4.69) is 36.1 Å². The van der Waals surface area contributed by atoms with E-state index in [1.807, 2.05) is 35.2 Å². The van der Waals surface area contributed by atoms with Crippen LogP contribution in [-0.2, 0) is 9.59 Å². The predicted molar refractivity (Wildman–Crippen MR) is 114 cm³/mol. The maximum atomic E-state index is 12.5. The highest BCUT2D eigenvalue weighted by Gasteiger charge is 2.21. The third-order valence-corrected chi connectivity index (χ3v) is 5.30. The number of nitrogens with zero attached hydrogens (tertiary/aromatic N) is 3. The van der Waals surface area contributed by atoms with Gasteiger partial charge in [-0.3, -0.25) is 9.59 Å². The smallest absolute Gasteiger partial charge is 0.226 e. The van der Waals surface area contributed by atoms with Gasteiger partial charge in [0.2, 0.25) is 11.8 Å². The number of hydrogen-bond donors (Lipinski definition) is 0. The van der Waals surface area contributed by atoms with Gasteiger partial charge in [-0.1, -0.05) is 30.3 Å². The summed E-state index contributed by atoms with van der Waals surface area (Å²) < 4.78 is 0. The monoisotopic (exact) mass is 379 g/mol. The van der Waals surface area contributed by atoms with Crippen molar-refractivity contribution in [1.29, 1.82) is 0 Å². The third-order valence-electron chi connectivity index (χ3n) is 5.30. The summed E-state index contributed by atoms with van der Waals surface area (Å²) in [7, 11) is 1.78. The van der Waals surface area contributed by atoms with E-state index in [1.54, 1.807) is 11.9 Å². The number of benzene rings is 2. The SMILES string of the molecule is Cc1cccc(N2CCN(C(=O)CCCC(=O)N(C)c3ccccc3)CC2)c1. The Bertz CT molecular complexity index is 799. The van der Waals surface area contributed by atoms with Crippen LogP contribution in [0, 0.1) is 6.92 Å². The number of carbonyl (C=O) groups is 2. The topological polar surface area (TPSA) is 43.9 Å². The molecule has 2 aromatic carbocycles. The lowest BCUT2D eigenvalue weighted by Gasteiger charge is -2.36. The second kappa shape index (κ2) is 9.40. The van der Waals surface area contributed by atoms with E-state index >= 15 is 0 Å². The zero-order chi connectivity index (χ0) is 19.9. The Morgan fingerprint density at radius 3 is 2.32 bits per heavy atom. The molecule has 5 heteroatoms. The van der Waals surface area contributed by atoms with E-state index in [9.17, 15) is 9.59 Å². The Kier molecular flexibility index (Phi) is 6.69. The molecule has 0 aliphatic carbocycles. The summed E-state index contributed by atoms with van der Waals surface area (Å²) in [5, 5.41) is 0. The molecule has 0 radical (unpaired) electrons. The highest BCUT2D eigenvalue weighted by molar-refractivity contribution is 5.93. The molecule has 0 spiro atoms. The van der Waals surface area contributed by atoms with Crippen LogP contribution in [0.4, 0.5) is 11.4 Å². The molecule has 28 heavy (non-hydrogen) atoms. The standard InChI is InChI=1S/C23H29N3O2/c1-19-8-6-11-21(18-19)25-14-16-26(17-15-25)23(28)13-7-12-22(27)24(2)20-9-4-3-5-10-20/h3-6,8-11,18H,7,12-17H2,1-2H3. The average molecular weight is 380 g/mol. The molecule has 1 heterocycles. The molecule has 5 nitrogen and oxygen atoms in total. The molecule has 0 N–H and O–H groups in total. The first-order valence-corrected chi connectivity index (χ1v) is 9.95. The summed E-state index contributed by atoms with van der Waals surface area (Å²) in [6.45, 7) is 5.28. The summed E-state index contributed by atoms with van der Waals surface area (Å²) >= 11 is 0. The number of aryl methyl sites for hydroxylation is 1. The zero-order valence-electron chi connectivity index (χ0n) is 16.8. The lowest BCUT2D eigenvalue weighted by molar-refractivity contribution is -0.131. The van der Waals surface area contributed by atoms with E-state index in [4.69, 9.17) is 0 Å². The Morgan fingerprint density at radius 2 is 1.64 bits per heavy atom. The number of anilines is 2. The molecule has 2 aromatic rings. The number of amides is 2. The quantitative estimate of drug-likeness (QED) is 0.772. The van der Waals surface area contributed by atoms with Gasteiger partial charge in [-0.2, -0.15) is 0 Å². The van der Waals surface area contributed by atoms with Gasteiger partial charge in [0, 0.05) is 57.4 Å². The Morgan fingerprint density at radius 1 is 0.929 bits per heavy atom. The Balaban J connectivity index is 1.40. The molecule has 1 aliphatic heterocycles. The van der Waals surface area contributed by atoms with Crippen molar-refractivity contribution in [3.8, 4) is 0 Å². The number of para-hydroxylation sites is 1. The largest absolute Gasteiger partial charge is 0.368 e. The average Bonchev–Trinajstić information content (AvgIpc) is 2.73. The van der Waals surface area contributed by atoms with Crippen molar-refractivity contribution in [3.05, 3.63) is 60.2 Å². The third kappa shape index (κ3) is 5.12. The minimum atomic E-state index is 0.0447. The van der Waals surface area contributed by atoms with Gasteiger partial charge in [0.25, 0.3) is 0 Å². The predicted octanol–water partition coefficient (Wildman–Crippen LogP) is 3.48. The van der Waals surface area contributed by atoms with Crippen LogP contribution in [-0.4, -0.2) is 49.9 Å². The molecule has 0 atom stereocenters. The summed E-state index contributed by atoms with van der Waals surface area (Å²) in [4.78, 5) is 30.7. The summed E-state index contributed by atoms with van der Waals surface area (Å²) in [6, 6.07) is 18.1. The number of rotatable bonds is 6. The second-order valence-corrected chi connectivity index (χ2v) is 7.35. The first-order chi connectivity index (χ1) is 13.5. The van der Waals surface area contributed by atoms with Crippen molar-refractivity contribution >= 4 is 23.2 Å². The molecule has 0 unspecified atom stereocenters. The molecule has 0 aromatic heterocycles. The molecule has 3 rings (SSSR count). The van der Waals surface area contributed by atoms with Crippen LogP contribution in [0.1, 0.15) is 24.8 Å². The fraction of sp³-hybridized carbons (Fsp3) is 0.391. The van der Waals surface area contributed by atoms with Crippen molar-refractivity contribution < 1.29 is 9.59 Å². The summed E-state index contributed by atoms with van der Waals surface area (Å²) in [5.74, 6) is 0.197. The first-order valence-electron chi connectivity index (χ1n) is 9.95. The van der Waals surface area contributed by atoms with E-state index in [0.717, 1.165) is 31.9 Å². The highest BCUT2D eigenvalue weighted by Crippen LogP contribution is 2.18. The van der Waals surface area contributed by atoms with Gasteiger partial charge in [-0.25, -0.2) is 0 Å². The highest BCUT2D eigenvalue weighted by atomic mass is 16.2. The molecule has 1 fully saturated rings. The Labute approximate surface area is 167 Å². The van der Waals surface area contributed by atoms with Gasteiger partial charge in [0.15, 0.2) is 0 Å². The van der Waals surface area contributed by atoms with E-state index < -0.39 is 0 Å². The number of carbonyl (C=O) groups excluding carboxylic acids is 2. The van der Waals surface area contributed by atoms with Crippen molar-refractivity contribution in [2.24, 2.45) is 0 Å². The molecular formula is C23H29N3O2. The van der Waals surface area contributed by atoms with Crippen molar-refractivity contribution in [3.63, 3.8) is 0 Å². The maximum Gasteiger partial charge on any atom is 0.226 e. The lowest BCUT2D eigenvalue weighted by atomic mass is 10.1. The number of piperazine rings is 1. The molecule has 1 saturated heterocycles. The van der Waals surface area contributed by atoms with Gasteiger partial charge in [0.05, 0.1) is 0 Å². The van der Waals surface area contributed by atoms with Gasteiger partial charge >= 0.3 is 0 Å². The molecule has 148 valence electrons. The van der Waals surface area contributed by atoms with Gasteiger partial charge in [-0.15, -0.1) is 0 Å². The van der Waals surface area contributed by atoms with Gasteiger partial charge in [0.1, 0.15) is 0 Å². The Hall–Kier alpha value is -2.82. The summed E-state index contributed by atoms with van der Waals surface area (Å²) in [6.07, 6.45) is 1.41. The lowest BCUT2D eigenvalue weighted by Crippen LogP contribution is -2.48. The van der Waals surface area contributed by atoms with Crippen LogP contribution in [0.3, 0.4) is 0 Å². The molecular weight excluding hydrogens is 350 g/mol. The fourth-order valence-electron chi connectivity index (χ4n) is 3.55. The van der Waals surface area contributed by atoms with Crippen molar-refractivity contribution in [1.82, 2.24) is 4.90 Å². The van der Waals surface area contributed by atoms with Crippen LogP contribution < -0.4 is 9.80 Å². The maximum absolute atomic E-state index is 12.5. The zero-order valence-corrected chi connectivity index (χ0v) is 16.8. The number of hydrogen-bond acceptors (Lipinski definition) is 3. The molecule has 0 saturated carbocycles. The van der Waals surface area contributed by atoms with Crippen LogP contribution >= 0.6 is 0 Å². The van der Waals surface area contributed by atoms with Crippen LogP contribution in [0.2, 0.25) is 0 Å². The molecule has 1 aliphatic rings. The van der Waals surface area contributed by atoms with Crippen LogP contribution in [0.5, 0.6) is 0 Å². The first kappa shape index (κ1) is 19.9. The minimum absolute atomic E-state index is 0.0447. The second-order valence-electron chi connectivity index (χ2n) is 7.35. The molecule has 2 amide bonds. The van der Waals surface area contributed by atoms with E-state index in [1.165, 1.54) is 11.3 Å². The van der Waals surface area contributed by atoms with Crippen LogP contribution in [0.25, 0.3) is 0 Å². The van der Waals surface area contributed by atoms with Crippen LogP contribution in [0.15, 0.2) is 54.6 Å². The molecule has 0 bridgehead atoms. The van der Waals surface area contributed by atoms with Gasteiger partial charge < -0.3 is 14.7 Å².